The molecule has 0 radical (unpaired) electrons. The second-order valence-corrected chi connectivity index (χ2v) is 7.32. The highest BCUT2D eigenvalue weighted by Crippen LogP contribution is 2.40. The topological polar surface area (TPSA) is 53.4 Å². The van der Waals surface area contributed by atoms with Crippen LogP contribution in [0, 0.1) is 5.92 Å². The smallest absolute Gasteiger partial charge is 0.254 e. The molecule has 0 spiro atoms. The van der Waals surface area contributed by atoms with Gasteiger partial charge in [0.1, 0.15) is 0 Å². The lowest BCUT2D eigenvalue weighted by molar-refractivity contribution is 0.0490. The van der Waals surface area contributed by atoms with Crippen LogP contribution in [0.4, 0.5) is 0 Å². The number of para-hydroxylation sites is 1. The molecule has 2 fully saturated rings. The summed E-state index contributed by atoms with van der Waals surface area (Å²) in [6, 6.07) is 10.2. The first-order chi connectivity index (χ1) is 11.7. The highest BCUT2D eigenvalue weighted by Gasteiger charge is 2.32. The zero-order valence-electron chi connectivity index (χ0n) is 14.1. The number of nitrogens with zero attached hydrogens (tertiary/aromatic N) is 2. The lowest BCUT2D eigenvalue weighted by atomic mass is 9.93. The molecule has 4 heteroatoms. The number of aliphatic hydroxyl groups is 1. The third-order valence-corrected chi connectivity index (χ3v) is 5.46. The zero-order chi connectivity index (χ0) is 16.7. The van der Waals surface area contributed by atoms with Crippen molar-refractivity contribution in [2.45, 2.75) is 44.6 Å². The minimum Gasteiger partial charge on any atom is -0.396 e. The summed E-state index contributed by atoms with van der Waals surface area (Å²) in [7, 11) is 0. The van der Waals surface area contributed by atoms with E-state index in [1.54, 1.807) is 0 Å². The number of pyridine rings is 1. The van der Waals surface area contributed by atoms with Crippen molar-refractivity contribution in [2.24, 2.45) is 5.92 Å². The highest BCUT2D eigenvalue weighted by molar-refractivity contribution is 6.06. The van der Waals surface area contributed by atoms with E-state index in [9.17, 15) is 9.90 Å². The molecule has 1 saturated carbocycles. The predicted octanol–water partition coefficient (Wildman–Crippen LogP) is 3.35. The summed E-state index contributed by atoms with van der Waals surface area (Å²) in [6.45, 7) is 2.91. The standard InChI is InChI=1S/C20H24N2O2/c1-13-6-7-14(12-23)11-22(13)20(24)17-10-19(15-8-9-15)21-18-5-3-2-4-16(17)18/h2-5,10,13-15,23H,6-9,11-12H2,1H3. The van der Waals surface area contributed by atoms with Crippen molar-refractivity contribution in [2.75, 3.05) is 13.2 Å². The largest absolute Gasteiger partial charge is 0.396 e. The van der Waals surface area contributed by atoms with E-state index in [4.69, 9.17) is 4.98 Å². The molecule has 2 unspecified atom stereocenters. The molecule has 1 aromatic heterocycles. The Bertz CT molecular complexity index is 769. The third-order valence-electron chi connectivity index (χ3n) is 5.46. The zero-order valence-corrected chi connectivity index (χ0v) is 14.1. The van der Waals surface area contributed by atoms with Gasteiger partial charge in [0, 0.05) is 36.2 Å². The second-order valence-electron chi connectivity index (χ2n) is 7.32. The minimum atomic E-state index is 0.0844. The van der Waals surface area contributed by atoms with E-state index >= 15 is 0 Å². The molecule has 4 nitrogen and oxygen atoms in total. The highest BCUT2D eigenvalue weighted by atomic mass is 16.3. The Balaban J connectivity index is 1.75. The number of carbonyl (C=O) groups is 1. The molecule has 1 aliphatic heterocycles. The van der Waals surface area contributed by atoms with Crippen molar-refractivity contribution in [3.8, 4) is 0 Å². The van der Waals surface area contributed by atoms with Crippen molar-refractivity contribution in [1.82, 2.24) is 9.88 Å². The average molecular weight is 324 g/mol. The summed E-state index contributed by atoms with van der Waals surface area (Å²) in [6.07, 6.45) is 4.29. The number of aliphatic hydroxyl groups excluding tert-OH is 1. The van der Waals surface area contributed by atoms with Crippen molar-refractivity contribution >= 4 is 16.8 Å². The van der Waals surface area contributed by atoms with Gasteiger partial charge in [0.25, 0.3) is 5.91 Å². The summed E-state index contributed by atoms with van der Waals surface area (Å²) < 4.78 is 0. The van der Waals surface area contributed by atoms with E-state index in [1.165, 1.54) is 12.8 Å². The molecule has 2 heterocycles. The molecule has 1 amide bonds. The Morgan fingerprint density at radius 3 is 2.79 bits per heavy atom. The van der Waals surface area contributed by atoms with Crippen LogP contribution in [0.1, 0.15) is 54.6 Å². The molecule has 126 valence electrons. The number of aromatic nitrogens is 1. The van der Waals surface area contributed by atoms with E-state index in [0.29, 0.717) is 12.5 Å². The molecule has 2 aromatic rings. The van der Waals surface area contributed by atoms with E-state index < -0.39 is 0 Å². The number of amides is 1. The van der Waals surface area contributed by atoms with Crippen LogP contribution in [0.25, 0.3) is 10.9 Å². The van der Waals surface area contributed by atoms with Crippen molar-refractivity contribution < 1.29 is 9.90 Å². The first-order valence-corrected chi connectivity index (χ1v) is 8.99. The van der Waals surface area contributed by atoms with Gasteiger partial charge in [-0.3, -0.25) is 9.78 Å². The third kappa shape index (κ3) is 2.80. The van der Waals surface area contributed by atoms with Crippen LogP contribution >= 0.6 is 0 Å². The van der Waals surface area contributed by atoms with Crippen LogP contribution in [0.15, 0.2) is 30.3 Å². The van der Waals surface area contributed by atoms with Crippen molar-refractivity contribution in [3.05, 3.63) is 41.6 Å². The molecule has 2 aliphatic rings. The van der Waals surface area contributed by atoms with Crippen LogP contribution in [-0.4, -0.2) is 40.1 Å². The summed E-state index contributed by atoms with van der Waals surface area (Å²) >= 11 is 0. The van der Waals surface area contributed by atoms with Crippen LogP contribution in [0.3, 0.4) is 0 Å². The van der Waals surface area contributed by atoms with E-state index in [2.05, 4.69) is 6.92 Å². The minimum absolute atomic E-state index is 0.0844. The monoisotopic (exact) mass is 324 g/mol. The van der Waals surface area contributed by atoms with Crippen molar-refractivity contribution in [3.63, 3.8) is 0 Å². The number of likely N-dealkylation sites (tertiary alicyclic amines) is 1. The lowest BCUT2D eigenvalue weighted by Crippen LogP contribution is -2.46. The maximum Gasteiger partial charge on any atom is 0.254 e. The van der Waals surface area contributed by atoms with Gasteiger partial charge in [-0.2, -0.15) is 0 Å². The van der Waals surface area contributed by atoms with Gasteiger partial charge in [0.2, 0.25) is 0 Å². The quantitative estimate of drug-likeness (QED) is 0.942. The van der Waals surface area contributed by atoms with Crippen LogP contribution in [0.5, 0.6) is 0 Å². The number of hydrogen-bond acceptors (Lipinski definition) is 3. The maximum absolute atomic E-state index is 13.3. The van der Waals surface area contributed by atoms with Crippen LogP contribution in [0.2, 0.25) is 0 Å². The molecular formula is C20H24N2O2. The van der Waals surface area contributed by atoms with Gasteiger partial charge in [0.15, 0.2) is 0 Å². The fraction of sp³-hybridized carbons (Fsp3) is 0.500. The van der Waals surface area contributed by atoms with Gasteiger partial charge in [0.05, 0.1) is 11.1 Å². The number of benzene rings is 1. The normalized spacial score (nSPS) is 24.3. The number of piperidine rings is 1. The first-order valence-electron chi connectivity index (χ1n) is 8.99. The summed E-state index contributed by atoms with van der Waals surface area (Å²) in [4.78, 5) is 20.0. The Hall–Kier alpha value is -1.94. The number of hydrogen-bond donors (Lipinski definition) is 1. The van der Waals surface area contributed by atoms with Gasteiger partial charge in [-0.15, -0.1) is 0 Å². The Morgan fingerprint density at radius 1 is 1.25 bits per heavy atom. The number of carbonyl (C=O) groups excluding carboxylic acids is 1. The maximum atomic E-state index is 13.3. The molecular weight excluding hydrogens is 300 g/mol. The van der Waals surface area contributed by atoms with E-state index in [0.717, 1.165) is 35.0 Å². The first kappa shape index (κ1) is 15.6. The Labute approximate surface area is 142 Å². The SMILES string of the molecule is CC1CCC(CO)CN1C(=O)c1cc(C2CC2)nc2ccccc12. The Kier molecular flexibility index (Phi) is 4.01. The van der Waals surface area contributed by atoms with Crippen LogP contribution < -0.4 is 0 Å². The van der Waals surface area contributed by atoms with Gasteiger partial charge in [-0.1, -0.05) is 18.2 Å². The van der Waals surface area contributed by atoms with Gasteiger partial charge >= 0.3 is 0 Å². The fourth-order valence-electron chi connectivity index (χ4n) is 3.73. The Morgan fingerprint density at radius 2 is 2.04 bits per heavy atom. The summed E-state index contributed by atoms with van der Waals surface area (Å²) in [5.41, 5.74) is 2.74. The molecule has 1 N–H and O–H groups in total. The molecule has 4 rings (SSSR count). The van der Waals surface area contributed by atoms with Gasteiger partial charge in [-0.05, 0) is 50.7 Å². The van der Waals surface area contributed by atoms with E-state index in [1.807, 2.05) is 35.2 Å². The average Bonchev–Trinajstić information content (AvgIpc) is 3.46. The molecule has 2 atom stereocenters. The molecule has 0 bridgehead atoms. The van der Waals surface area contributed by atoms with Crippen molar-refractivity contribution in [1.29, 1.82) is 0 Å². The summed E-state index contributed by atoms with van der Waals surface area (Å²) in [5, 5.41) is 10.4. The molecule has 24 heavy (non-hydrogen) atoms. The lowest BCUT2D eigenvalue weighted by Gasteiger charge is -2.37. The molecule has 1 saturated heterocycles. The second kappa shape index (κ2) is 6.17. The van der Waals surface area contributed by atoms with Gasteiger partial charge < -0.3 is 10.0 Å². The molecule has 1 aliphatic carbocycles. The fourth-order valence-corrected chi connectivity index (χ4v) is 3.73. The predicted molar refractivity (Wildman–Crippen MR) is 94.0 cm³/mol. The number of fused-ring (bicyclic) bond motifs is 1. The van der Waals surface area contributed by atoms with Gasteiger partial charge in [-0.25, -0.2) is 0 Å². The number of rotatable bonds is 3. The molecule has 1 aromatic carbocycles. The van der Waals surface area contributed by atoms with Crippen LogP contribution in [-0.2, 0) is 0 Å². The van der Waals surface area contributed by atoms with E-state index in [-0.39, 0.29) is 24.5 Å². The summed E-state index contributed by atoms with van der Waals surface area (Å²) in [5.74, 6) is 0.799.